The number of hydrogen-bond donors (Lipinski definition) is 1. The number of ether oxygens (including phenoxy) is 1. The first-order chi connectivity index (χ1) is 11.1. The van der Waals surface area contributed by atoms with Gasteiger partial charge in [0.05, 0.1) is 30.7 Å². The lowest BCUT2D eigenvalue weighted by molar-refractivity contribution is -0.0435. The molecule has 0 fully saturated rings. The van der Waals surface area contributed by atoms with Gasteiger partial charge >= 0.3 is 5.51 Å². The lowest BCUT2D eigenvalue weighted by Crippen LogP contribution is -2.24. The normalized spacial score (nSPS) is 12.4. The SMILES string of the molecule is COCCn1cc(Nc2ccc(F)cc2S(=O)(=O)C(F)(F)F)cn1. The molecule has 132 valence electrons. The van der Waals surface area contributed by atoms with E-state index in [0.29, 0.717) is 19.2 Å². The maximum atomic E-state index is 13.3. The lowest BCUT2D eigenvalue weighted by atomic mass is 10.3. The van der Waals surface area contributed by atoms with Crippen LogP contribution in [-0.2, 0) is 21.1 Å². The number of benzene rings is 1. The molecule has 1 aromatic heterocycles. The zero-order valence-corrected chi connectivity index (χ0v) is 13.2. The highest BCUT2D eigenvalue weighted by Gasteiger charge is 2.48. The van der Waals surface area contributed by atoms with Gasteiger partial charge in [-0.15, -0.1) is 0 Å². The molecule has 24 heavy (non-hydrogen) atoms. The first-order valence-corrected chi connectivity index (χ1v) is 8.03. The Morgan fingerprint density at radius 1 is 1.33 bits per heavy atom. The maximum Gasteiger partial charge on any atom is 0.501 e. The molecule has 0 bridgehead atoms. The summed E-state index contributed by atoms with van der Waals surface area (Å²) in [7, 11) is -4.21. The highest BCUT2D eigenvalue weighted by molar-refractivity contribution is 7.92. The molecular weight excluding hydrogens is 354 g/mol. The highest BCUT2D eigenvalue weighted by Crippen LogP contribution is 2.35. The van der Waals surface area contributed by atoms with Crippen LogP contribution >= 0.6 is 0 Å². The third kappa shape index (κ3) is 3.85. The Hall–Kier alpha value is -2.14. The number of rotatable bonds is 6. The van der Waals surface area contributed by atoms with Crippen LogP contribution in [0, 0.1) is 5.82 Å². The van der Waals surface area contributed by atoms with Gasteiger partial charge in [0.2, 0.25) is 0 Å². The molecule has 0 atom stereocenters. The Balaban J connectivity index is 2.36. The van der Waals surface area contributed by atoms with Crippen LogP contribution in [0.1, 0.15) is 0 Å². The average Bonchev–Trinajstić information content (AvgIpc) is 2.93. The van der Waals surface area contributed by atoms with E-state index >= 15 is 0 Å². The number of sulfone groups is 1. The zero-order chi connectivity index (χ0) is 18.0. The van der Waals surface area contributed by atoms with Crippen molar-refractivity contribution in [2.24, 2.45) is 0 Å². The van der Waals surface area contributed by atoms with Crippen molar-refractivity contribution in [3.05, 3.63) is 36.4 Å². The first-order valence-electron chi connectivity index (χ1n) is 6.54. The third-order valence-corrected chi connectivity index (χ3v) is 4.50. The summed E-state index contributed by atoms with van der Waals surface area (Å²) in [5.41, 5.74) is -5.70. The van der Waals surface area contributed by atoms with Gasteiger partial charge in [0.25, 0.3) is 9.84 Å². The van der Waals surface area contributed by atoms with Crippen LogP contribution in [0.15, 0.2) is 35.5 Å². The second-order valence-electron chi connectivity index (χ2n) is 4.70. The number of anilines is 2. The Morgan fingerprint density at radius 3 is 2.67 bits per heavy atom. The number of hydrogen-bond acceptors (Lipinski definition) is 5. The summed E-state index contributed by atoms with van der Waals surface area (Å²) in [5.74, 6) is -1.10. The summed E-state index contributed by atoms with van der Waals surface area (Å²) in [6, 6.07) is 2.09. The minimum atomic E-state index is -5.71. The molecule has 2 rings (SSSR count). The molecule has 0 saturated carbocycles. The van der Waals surface area contributed by atoms with Gasteiger partial charge in [-0.1, -0.05) is 0 Å². The van der Waals surface area contributed by atoms with E-state index in [1.165, 1.54) is 24.2 Å². The van der Waals surface area contributed by atoms with Crippen molar-refractivity contribution in [2.75, 3.05) is 19.0 Å². The molecule has 0 amide bonds. The van der Waals surface area contributed by atoms with Crippen molar-refractivity contribution in [1.29, 1.82) is 0 Å². The predicted octanol–water partition coefficient (Wildman–Crippen LogP) is 2.71. The minimum absolute atomic E-state index is 0.247. The van der Waals surface area contributed by atoms with Crippen LogP contribution in [0.3, 0.4) is 0 Å². The molecule has 0 aliphatic carbocycles. The number of nitrogens with one attached hydrogen (secondary N) is 1. The van der Waals surface area contributed by atoms with E-state index in [-0.39, 0.29) is 5.69 Å². The molecule has 0 spiro atoms. The van der Waals surface area contributed by atoms with Crippen LogP contribution in [0.2, 0.25) is 0 Å². The Bertz CT molecular complexity index is 818. The smallest absolute Gasteiger partial charge is 0.383 e. The summed E-state index contributed by atoms with van der Waals surface area (Å²) in [6.45, 7) is 0.765. The Morgan fingerprint density at radius 2 is 2.04 bits per heavy atom. The second kappa shape index (κ2) is 6.77. The number of alkyl halides is 3. The van der Waals surface area contributed by atoms with Gasteiger partial charge in [-0.05, 0) is 18.2 Å². The standard InChI is InChI=1S/C13H13F4N3O3S/c1-23-5-4-20-8-10(7-18-20)19-11-3-2-9(14)6-12(11)24(21,22)13(15,16)17/h2-3,6-8,19H,4-5H2,1H3. The molecule has 0 saturated heterocycles. The molecule has 0 unspecified atom stereocenters. The molecule has 2 aromatic rings. The second-order valence-corrected chi connectivity index (χ2v) is 6.61. The summed E-state index contributed by atoms with van der Waals surface area (Å²) < 4.78 is 81.0. The summed E-state index contributed by atoms with van der Waals surface area (Å²) in [5, 5.41) is 6.44. The number of nitrogens with zero attached hydrogens (tertiary/aromatic N) is 2. The van der Waals surface area contributed by atoms with E-state index in [1.54, 1.807) is 0 Å². The van der Waals surface area contributed by atoms with Crippen LogP contribution in [0.4, 0.5) is 28.9 Å². The molecule has 1 heterocycles. The van der Waals surface area contributed by atoms with Crippen molar-refractivity contribution in [1.82, 2.24) is 9.78 Å². The highest BCUT2D eigenvalue weighted by atomic mass is 32.2. The van der Waals surface area contributed by atoms with Crippen LogP contribution in [0.5, 0.6) is 0 Å². The maximum absolute atomic E-state index is 13.3. The lowest BCUT2D eigenvalue weighted by Gasteiger charge is -2.13. The molecule has 1 aromatic carbocycles. The van der Waals surface area contributed by atoms with E-state index in [9.17, 15) is 26.0 Å². The van der Waals surface area contributed by atoms with Crippen molar-refractivity contribution in [3.63, 3.8) is 0 Å². The average molecular weight is 367 g/mol. The van der Waals surface area contributed by atoms with Gasteiger partial charge in [-0.25, -0.2) is 12.8 Å². The molecule has 1 N–H and O–H groups in total. The topological polar surface area (TPSA) is 73.2 Å². The molecule has 0 aliphatic rings. The van der Waals surface area contributed by atoms with Crippen molar-refractivity contribution in [3.8, 4) is 0 Å². The van der Waals surface area contributed by atoms with Crippen molar-refractivity contribution < 1.29 is 30.7 Å². The number of halogens is 4. The van der Waals surface area contributed by atoms with Crippen LogP contribution in [0.25, 0.3) is 0 Å². The number of aromatic nitrogens is 2. The largest absolute Gasteiger partial charge is 0.501 e. The summed E-state index contributed by atoms with van der Waals surface area (Å²) in [6.07, 6.45) is 2.75. The number of methoxy groups -OCH3 is 1. The van der Waals surface area contributed by atoms with Crippen molar-refractivity contribution >= 4 is 21.2 Å². The van der Waals surface area contributed by atoms with Crippen LogP contribution < -0.4 is 5.32 Å². The predicted molar refractivity (Wildman–Crippen MR) is 77.0 cm³/mol. The monoisotopic (exact) mass is 367 g/mol. The quantitative estimate of drug-likeness (QED) is 0.795. The molecule has 0 radical (unpaired) electrons. The first kappa shape index (κ1) is 18.2. The van der Waals surface area contributed by atoms with Gasteiger partial charge in [0, 0.05) is 13.3 Å². The van der Waals surface area contributed by atoms with Crippen LogP contribution in [-0.4, -0.2) is 37.4 Å². The summed E-state index contributed by atoms with van der Waals surface area (Å²) >= 11 is 0. The molecule has 6 nitrogen and oxygen atoms in total. The zero-order valence-electron chi connectivity index (χ0n) is 12.3. The van der Waals surface area contributed by atoms with E-state index in [0.717, 1.165) is 12.1 Å². The van der Waals surface area contributed by atoms with E-state index < -0.39 is 31.7 Å². The van der Waals surface area contributed by atoms with E-state index in [1.807, 2.05) is 0 Å². The van der Waals surface area contributed by atoms with Gasteiger partial charge in [-0.2, -0.15) is 18.3 Å². The van der Waals surface area contributed by atoms with Crippen molar-refractivity contribution in [2.45, 2.75) is 16.9 Å². The van der Waals surface area contributed by atoms with Gasteiger partial charge in [0.15, 0.2) is 0 Å². The Kier molecular flexibility index (Phi) is 5.13. The van der Waals surface area contributed by atoms with Gasteiger partial charge < -0.3 is 10.1 Å². The molecular formula is C13H13F4N3O3S. The summed E-state index contributed by atoms with van der Waals surface area (Å²) in [4.78, 5) is -1.19. The third-order valence-electron chi connectivity index (χ3n) is 2.97. The fraction of sp³-hybridized carbons (Fsp3) is 0.308. The molecule has 0 aliphatic heterocycles. The van der Waals surface area contributed by atoms with Gasteiger partial charge in [-0.3, -0.25) is 4.68 Å². The van der Waals surface area contributed by atoms with Gasteiger partial charge in [0.1, 0.15) is 10.7 Å². The van der Waals surface area contributed by atoms with E-state index in [2.05, 4.69) is 10.4 Å². The molecule has 11 heteroatoms. The fourth-order valence-electron chi connectivity index (χ4n) is 1.84. The minimum Gasteiger partial charge on any atom is -0.383 e. The van der Waals surface area contributed by atoms with E-state index in [4.69, 9.17) is 4.74 Å². The Labute approximate surface area is 135 Å². The fourth-order valence-corrected chi connectivity index (χ4v) is 2.76.